The second-order valence-electron chi connectivity index (χ2n) is 9.95. The lowest BCUT2D eigenvalue weighted by Gasteiger charge is -2.31. The first kappa shape index (κ1) is 27.8. The van der Waals surface area contributed by atoms with Gasteiger partial charge in [0, 0.05) is 30.9 Å². The van der Waals surface area contributed by atoms with E-state index < -0.39 is 17.8 Å². The van der Waals surface area contributed by atoms with E-state index in [1.54, 1.807) is 12.1 Å². The Morgan fingerprint density at radius 2 is 1.97 bits per heavy atom. The van der Waals surface area contributed by atoms with Gasteiger partial charge >= 0.3 is 6.18 Å². The SMILES string of the molecule is CCCNCN(C)C[C@H]1CC[C@H](n2cc3cc(NC(=O)c4cccc(C(F)(F)F)n4)c(OC)cc3n2)CC1. The maximum absolute atomic E-state index is 13.0. The number of halogens is 3. The Bertz CT molecular complexity index is 1240. The van der Waals surface area contributed by atoms with Crippen LogP contribution in [0.15, 0.2) is 36.5 Å². The van der Waals surface area contributed by atoms with E-state index in [1.807, 2.05) is 10.9 Å². The maximum atomic E-state index is 13.0. The topological polar surface area (TPSA) is 84.3 Å². The molecule has 206 valence electrons. The third kappa shape index (κ3) is 6.82. The highest BCUT2D eigenvalue weighted by molar-refractivity contribution is 6.05. The van der Waals surface area contributed by atoms with Gasteiger partial charge in [-0.1, -0.05) is 13.0 Å². The predicted molar refractivity (Wildman–Crippen MR) is 140 cm³/mol. The Kier molecular flexibility index (Phi) is 8.88. The van der Waals surface area contributed by atoms with Crippen molar-refractivity contribution in [2.75, 3.05) is 39.2 Å². The first-order chi connectivity index (χ1) is 18.2. The molecule has 4 rings (SSSR count). The van der Waals surface area contributed by atoms with Gasteiger partial charge in [-0.25, -0.2) is 4.98 Å². The van der Waals surface area contributed by atoms with Crippen LogP contribution in [0.2, 0.25) is 0 Å². The first-order valence-corrected chi connectivity index (χ1v) is 13.0. The fourth-order valence-corrected chi connectivity index (χ4v) is 4.97. The van der Waals surface area contributed by atoms with Crippen LogP contribution >= 0.6 is 0 Å². The van der Waals surface area contributed by atoms with Crippen LogP contribution in [-0.4, -0.2) is 59.5 Å². The third-order valence-electron chi connectivity index (χ3n) is 6.93. The minimum absolute atomic E-state index is 0.292. The molecule has 1 aromatic carbocycles. The van der Waals surface area contributed by atoms with Crippen molar-refractivity contribution in [3.63, 3.8) is 0 Å². The number of alkyl halides is 3. The molecular weight excluding hydrogens is 497 g/mol. The van der Waals surface area contributed by atoms with Crippen molar-refractivity contribution in [1.29, 1.82) is 0 Å². The van der Waals surface area contributed by atoms with Crippen molar-refractivity contribution in [1.82, 2.24) is 25.0 Å². The van der Waals surface area contributed by atoms with E-state index in [9.17, 15) is 18.0 Å². The summed E-state index contributed by atoms with van der Waals surface area (Å²) in [6.45, 7) is 5.18. The van der Waals surface area contributed by atoms with Gasteiger partial charge in [0.1, 0.15) is 17.1 Å². The number of pyridine rings is 1. The Labute approximate surface area is 220 Å². The maximum Gasteiger partial charge on any atom is 0.433 e. The summed E-state index contributed by atoms with van der Waals surface area (Å²) in [6.07, 6.45) is 2.79. The zero-order valence-electron chi connectivity index (χ0n) is 22.0. The highest BCUT2D eigenvalue weighted by Gasteiger charge is 2.33. The lowest BCUT2D eigenvalue weighted by Crippen LogP contribution is -2.36. The van der Waals surface area contributed by atoms with Crippen LogP contribution in [0.5, 0.6) is 5.75 Å². The molecule has 2 heterocycles. The van der Waals surface area contributed by atoms with Crippen LogP contribution in [0.4, 0.5) is 18.9 Å². The van der Waals surface area contributed by atoms with E-state index in [2.05, 4.69) is 34.5 Å². The Balaban J connectivity index is 1.43. The van der Waals surface area contributed by atoms with Gasteiger partial charge in [-0.05, 0) is 69.8 Å². The molecule has 0 aliphatic heterocycles. The monoisotopic (exact) mass is 532 g/mol. The van der Waals surface area contributed by atoms with Crippen LogP contribution in [0, 0.1) is 5.92 Å². The second-order valence-corrected chi connectivity index (χ2v) is 9.95. The molecule has 1 saturated carbocycles. The number of carbonyl (C=O) groups excluding carboxylic acids is 1. The molecule has 1 amide bonds. The average molecular weight is 533 g/mol. The molecule has 0 spiro atoms. The third-order valence-corrected chi connectivity index (χ3v) is 6.93. The van der Waals surface area contributed by atoms with Crippen molar-refractivity contribution < 1.29 is 22.7 Å². The Hall–Kier alpha value is -3.18. The number of fused-ring (bicyclic) bond motifs is 1. The van der Waals surface area contributed by atoms with E-state index >= 15 is 0 Å². The quantitative estimate of drug-likeness (QED) is 0.271. The van der Waals surface area contributed by atoms with Crippen molar-refractivity contribution in [2.45, 2.75) is 51.2 Å². The molecule has 0 radical (unpaired) electrons. The molecule has 38 heavy (non-hydrogen) atoms. The summed E-state index contributed by atoms with van der Waals surface area (Å²) >= 11 is 0. The number of nitrogens with zero attached hydrogens (tertiary/aromatic N) is 4. The van der Waals surface area contributed by atoms with E-state index in [1.165, 1.54) is 13.2 Å². The molecule has 1 aliphatic rings. The minimum Gasteiger partial charge on any atom is -0.494 e. The van der Waals surface area contributed by atoms with Gasteiger partial charge in [0.2, 0.25) is 0 Å². The fraction of sp³-hybridized carbons (Fsp3) is 0.519. The van der Waals surface area contributed by atoms with Crippen LogP contribution in [0.25, 0.3) is 10.9 Å². The molecule has 11 heteroatoms. The molecule has 3 aromatic rings. The number of anilines is 1. The minimum atomic E-state index is -4.64. The highest BCUT2D eigenvalue weighted by Crippen LogP contribution is 2.35. The first-order valence-electron chi connectivity index (χ1n) is 13.0. The van der Waals surface area contributed by atoms with E-state index in [4.69, 9.17) is 9.84 Å². The van der Waals surface area contributed by atoms with Gasteiger partial charge in [-0.15, -0.1) is 0 Å². The van der Waals surface area contributed by atoms with E-state index in [0.717, 1.165) is 74.9 Å². The summed E-state index contributed by atoms with van der Waals surface area (Å²) in [5.41, 5.74) is -0.391. The molecule has 0 atom stereocenters. The molecule has 8 nitrogen and oxygen atoms in total. The number of hydrogen-bond donors (Lipinski definition) is 2. The number of ether oxygens (including phenoxy) is 1. The van der Waals surface area contributed by atoms with Gasteiger partial charge in [0.25, 0.3) is 5.91 Å². The van der Waals surface area contributed by atoms with Crippen molar-refractivity contribution in [2.24, 2.45) is 5.92 Å². The van der Waals surface area contributed by atoms with Crippen molar-refractivity contribution in [3.8, 4) is 5.75 Å². The fourth-order valence-electron chi connectivity index (χ4n) is 4.97. The summed E-state index contributed by atoms with van der Waals surface area (Å²) in [5, 5.41) is 11.7. The molecular formula is C27H35F3N6O2. The lowest BCUT2D eigenvalue weighted by molar-refractivity contribution is -0.141. The zero-order chi connectivity index (χ0) is 27.3. The van der Waals surface area contributed by atoms with Gasteiger partial charge in [0.05, 0.1) is 24.4 Å². The Morgan fingerprint density at radius 1 is 1.21 bits per heavy atom. The molecule has 2 aromatic heterocycles. The molecule has 0 bridgehead atoms. The molecule has 0 unspecified atom stereocenters. The van der Waals surface area contributed by atoms with Crippen molar-refractivity contribution >= 4 is 22.5 Å². The number of methoxy groups -OCH3 is 1. The average Bonchev–Trinajstić information content (AvgIpc) is 3.31. The van der Waals surface area contributed by atoms with Crippen LogP contribution in [0.1, 0.15) is 61.3 Å². The molecule has 1 fully saturated rings. The number of rotatable bonds is 10. The van der Waals surface area contributed by atoms with Crippen LogP contribution in [-0.2, 0) is 6.18 Å². The smallest absolute Gasteiger partial charge is 0.433 e. The summed E-state index contributed by atoms with van der Waals surface area (Å²) in [6, 6.07) is 6.97. The number of amides is 1. The molecule has 2 N–H and O–H groups in total. The predicted octanol–water partition coefficient (Wildman–Crippen LogP) is 5.33. The van der Waals surface area contributed by atoms with Crippen LogP contribution < -0.4 is 15.4 Å². The van der Waals surface area contributed by atoms with Gasteiger partial charge < -0.3 is 15.4 Å². The largest absolute Gasteiger partial charge is 0.494 e. The van der Waals surface area contributed by atoms with Crippen molar-refractivity contribution in [3.05, 3.63) is 47.9 Å². The highest BCUT2D eigenvalue weighted by atomic mass is 19.4. The van der Waals surface area contributed by atoms with Gasteiger partial charge in [-0.3, -0.25) is 14.4 Å². The number of hydrogen-bond acceptors (Lipinski definition) is 6. The van der Waals surface area contributed by atoms with E-state index in [-0.39, 0.29) is 5.69 Å². The van der Waals surface area contributed by atoms with Crippen LogP contribution in [0.3, 0.4) is 0 Å². The molecule has 0 saturated heterocycles. The van der Waals surface area contributed by atoms with Gasteiger partial charge in [0.15, 0.2) is 0 Å². The summed E-state index contributed by atoms with van der Waals surface area (Å²) in [7, 11) is 3.62. The second kappa shape index (κ2) is 12.1. The number of carbonyl (C=O) groups is 1. The zero-order valence-corrected chi connectivity index (χ0v) is 22.0. The number of benzene rings is 1. The normalized spacial score (nSPS) is 18.2. The summed E-state index contributed by atoms with van der Waals surface area (Å²) in [4.78, 5) is 18.5. The standard InChI is InChI=1S/C27H35F3N6O2/c1-4-12-31-17-35(2)15-18-8-10-20(11-9-18)36-16-19-13-23(24(38-3)14-22(19)34-36)33-26(37)21-6-5-7-25(32-21)27(28,29)30/h5-7,13-14,16,18,20,31H,4,8-12,15,17H2,1-3H3,(H,33,37)/t18-,20-. The molecule has 1 aliphatic carbocycles. The Morgan fingerprint density at radius 3 is 2.66 bits per heavy atom. The van der Waals surface area contributed by atoms with Gasteiger partial charge in [-0.2, -0.15) is 18.3 Å². The number of aromatic nitrogens is 3. The number of nitrogens with one attached hydrogen (secondary N) is 2. The van der Waals surface area contributed by atoms with E-state index in [0.29, 0.717) is 23.4 Å². The lowest BCUT2D eigenvalue weighted by atomic mass is 9.86. The summed E-state index contributed by atoms with van der Waals surface area (Å²) < 4.78 is 46.5. The summed E-state index contributed by atoms with van der Waals surface area (Å²) in [5.74, 6) is 0.275.